The van der Waals surface area contributed by atoms with Crippen molar-refractivity contribution in [3.8, 4) is 0 Å². The minimum atomic E-state index is -0.0813. The van der Waals surface area contributed by atoms with Gasteiger partial charge in [-0.25, -0.2) is 4.98 Å². The zero-order chi connectivity index (χ0) is 15.8. The van der Waals surface area contributed by atoms with Crippen LogP contribution in [0.1, 0.15) is 40.6 Å². The van der Waals surface area contributed by atoms with Gasteiger partial charge in [-0.1, -0.05) is 4.49 Å². The zero-order valence-corrected chi connectivity index (χ0v) is 13.8. The Morgan fingerprint density at radius 1 is 1.48 bits per heavy atom. The Balaban J connectivity index is 1.60. The number of hydrogen-bond donors (Lipinski definition) is 0. The molecule has 0 aromatic carbocycles. The van der Waals surface area contributed by atoms with E-state index in [1.807, 2.05) is 6.33 Å². The van der Waals surface area contributed by atoms with E-state index in [-0.39, 0.29) is 11.8 Å². The predicted octanol–water partition coefficient (Wildman–Crippen LogP) is 1.53. The second-order valence-corrected chi connectivity index (χ2v) is 6.91. The highest BCUT2D eigenvalue weighted by molar-refractivity contribution is 7.03. The van der Waals surface area contributed by atoms with E-state index in [0.29, 0.717) is 25.4 Å². The van der Waals surface area contributed by atoms with Crippen molar-refractivity contribution in [1.82, 2.24) is 24.0 Å². The third-order valence-corrected chi connectivity index (χ3v) is 5.02. The van der Waals surface area contributed by atoms with Gasteiger partial charge in [-0.05, 0) is 30.3 Å². The fraction of sp³-hybridized carbons (Fsp3) is 0.600. The van der Waals surface area contributed by atoms with Crippen molar-refractivity contribution in [2.45, 2.75) is 31.8 Å². The molecular weight excluding hydrogens is 314 g/mol. The standard InChI is InChI=1S/C15H19N5O2S/c1-22-7-11-5-19(15(21)13-8-23-18-17-13)6-12-14(11)20(9-16-12)4-10-2-3-10/h8-11H,2-7H2,1H3. The highest BCUT2D eigenvalue weighted by Crippen LogP contribution is 2.34. The van der Waals surface area contributed by atoms with Gasteiger partial charge in [-0.3, -0.25) is 4.79 Å². The summed E-state index contributed by atoms with van der Waals surface area (Å²) in [6, 6.07) is 0. The molecule has 0 radical (unpaired) electrons. The molecule has 2 aromatic heterocycles. The molecule has 0 N–H and O–H groups in total. The third kappa shape index (κ3) is 2.88. The first-order valence-corrected chi connectivity index (χ1v) is 8.69. The maximum atomic E-state index is 12.6. The van der Waals surface area contributed by atoms with Crippen LogP contribution in [0.25, 0.3) is 0 Å². The molecule has 0 spiro atoms. The molecule has 1 atom stereocenters. The molecule has 0 saturated heterocycles. The van der Waals surface area contributed by atoms with Gasteiger partial charge < -0.3 is 14.2 Å². The number of imidazole rings is 1. The molecule has 1 fully saturated rings. The largest absolute Gasteiger partial charge is 0.384 e. The van der Waals surface area contributed by atoms with Crippen molar-refractivity contribution in [3.05, 3.63) is 28.8 Å². The van der Waals surface area contributed by atoms with Gasteiger partial charge >= 0.3 is 0 Å². The topological polar surface area (TPSA) is 73.1 Å². The average molecular weight is 333 g/mol. The Labute approximate surface area is 138 Å². The monoisotopic (exact) mass is 333 g/mol. The first kappa shape index (κ1) is 14.8. The van der Waals surface area contributed by atoms with Crippen molar-refractivity contribution in [1.29, 1.82) is 0 Å². The van der Waals surface area contributed by atoms with E-state index in [4.69, 9.17) is 4.74 Å². The molecular formula is C15H19N5O2S. The number of nitrogens with zero attached hydrogens (tertiary/aromatic N) is 5. The molecule has 4 rings (SSSR count). The summed E-state index contributed by atoms with van der Waals surface area (Å²) >= 11 is 1.19. The smallest absolute Gasteiger partial charge is 0.275 e. The van der Waals surface area contributed by atoms with Crippen LogP contribution in [0.5, 0.6) is 0 Å². The number of amides is 1. The zero-order valence-electron chi connectivity index (χ0n) is 13.0. The fourth-order valence-electron chi connectivity index (χ4n) is 3.25. The number of hydrogen-bond acceptors (Lipinski definition) is 6. The van der Waals surface area contributed by atoms with Crippen LogP contribution < -0.4 is 0 Å². The third-order valence-electron chi connectivity index (χ3n) is 4.51. The number of carbonyl (C=O) groups excluding carboxylic acids is 1. The molecule has 23 heavy (non-hydrogen) atoms. The molecule has 0 bridgehead atoms. The van der Waals surface area contributed by atoms with Crippen molar-refractivity contribution in [2.75, 3.05) is 20.3 Å². The Morgan fingerprint density at radius 3 is 3.04 bits per heavy atom. The fourth-order valence-corrected chi connectivity index (χ4v) is 3.68. The summed E-state index contributed by atoms with van der Waals surface area (Å²) < 4.78 is 11.4. The van der Waals surface area contributed by atoms with Crippen LogP contribution in [0.3, 0.4) is 0 Å². The first-order valence-electron chi connectivity index (χ1n) is 7.85. The van der Waals surface area contributed by atoms with Crippen molar-refractivity contribution in [2.24, 2.45) is 5.92 Å². The van der Waals surface area contributed by atoms with Crippen LogP contribution in [0.15, 0.2) is 11.7 Å². The van der Waals surface area contributed by atoms with Crippen LogP contribution in [-0.4, -0.2) is 50.2 Å². The highest BCUT2D eigenvalue weighted by atomic mass is 32.1. The van der Waals surface area contributed by atoms with Gasteiger partial charge in [0, 0.05) is 37.2 Å². The summed E-state index contributed by atoms with van der Waals surface area (Å²) in [6.45, 7) is 2.78. The summed E-state index contributed by atoms with van der Waals surface area (Å²) in [4.78, 5) is 18.9. The predicted molar refractivity (Wildman–Crippen MR) is 84.2 cm³/mol. The lowest BCUT2D eigenvalue weighted by atomic mass is 9.98. The van der Waals surface area contributed by atoms with Crippen LogP contribution in [0.2, 0.25) is 0 Å². The average Bonchev–Trinajstić information content (AvgIpc) is 3.04. The normalized spacial score (nSPS) is 20.6. The molecule has 1 saturated carbocycles. The minimum Gasteiger partial charge on any atom is -0.384 e. The molecule has 1 aliphatic carbocycles. The van der Waals surface area contributed by atoms with Gasteiger partial charge in [-0.15, -0.1) is 5.10 Å². The lowest BCUT2D eigenvalue weighted by Crippen LogP contribution is -2.40. The SMILES string of the molecule is COCC1CN(C(=O)c2csnn2)Cc2ncn(CC3CC3)c21. The number of methoxy groups -OCH3 is 1. The van der Waals surface area contributed by atoms with E-state index in [0.717, 1.165) is 18.2 Å². The number of carbonyl (C=O) groups is 1. The summed E-state index contributed by atoms with van der Waals surface area (Å²) in [7, 11) is 1.70. The lowest BCUT2D eigenvalue weighted by molar-refractivity contribution is 0.0666. The van der Waals surface area contributed by atoms with E-state index in [9.17, 15) is 4.79 Å². The first-order chi connectivity index (χ1) is 11.3. The molecule has 7 nitrogen and oxygen atoms in total. The van der Waals surface area contributed by atoms with Crippen LogP contribution in [0.4, 0.5) is 0 Å². The summed E-state index contributed by atoms with van der Waals surface area (Å²) in [6.07, 6.45) is 4.54. The quantitative estimate of drug-likeness (QED) is 0.830. The van der Waals surface area contributed by atoms with E-state index in [1.165, 1.54) is 30.1 Å². The van der Waals surface area contributed by atoms with Crippen molar-refractivity contribution < 1.29 is 9.53 Å². The molecule has 1 aliphatic heterocycles. The Kier molecular flexibility index (Phi) is 3.86. The van der Waals surface area contributed by atoms with Gasteiger partial charge in [0.2, 0.25) is 0 Å². The number of ether oxygens (including phenoxy) is 1. The van der Waals surface area contributed by atoms with E-state index in [2.05, 4.69) is 19.1 Å². The number of rotatable bonds is 5. The molecule has 122 valence electrons. The Bertz CT molecular complexity index is 695. The molecule has 2 aromatic rings. The molecule has 3 heterocycles. The molecule has 1 unspecified atom stereocenters. The summed E-state index contributed by atoms with van der Waals surface area (Å²) in [5.74, 6) is 0.861. The lowest BCUT2D eigenvalue weighted by Gasteiger charge is -2.32. The van der Waals surface area contributed by atoms with Gasteiger partial charge in [0.25, 0.3) is 5.91 Å². The van der Waals surface area contributed by atoms with Crippen molar-refractivity contribution in [3.63, 3.8) is 0 Å². The maximum absolute atomic E-state index is 12.6. The molecule has 2 aliphatic rings. The summed E-state index contributed by atoms with van der Waals surface area (Å²) in [5.41, 5.74) is 2.63. The Morgan fingerprint density at radius 2 is 2.35 bits per heavy atom. The van der Waals surface area contributed by atoms with Crippen LogP contribution >= 0.6 is 11.5 Å². The number of fused-ring (bicyclic) bond motifs is 1. The van der Waals surface area contributed by atoms with Gasteiger partial charge in [-0.2, -0.15) is 0 Å². The highest BCUT2D eigenvalue weighted by Gasteiger charge is 2.34. The van der Waals surface area contributed by atoms with E-state index < -0.39 is 0 Å². The van der Waals surface area contributed by atoms with Gasteiger partial charge in [0.15, 0.2) is 5.69 Å². The van der Waals surface area contributed by atoms with E-state index >= 15 is 0 Å². The van der Waals surface area contributed by atoms with Gasteiger partial charge in [0.1, 0.15) is 0 Å². The van der Waals surface area contributed by atoms with E-state index in [1.54, 1.807) is 17.4 Å². The summed E-state index contributed by atoms with van der Waals surface area (Å²) in [5, 5.41) is 5.58. The van der Waals surface area contributed by atoms with Crippen molar-refractivity contribution >= 4 is 17.4 Å². The van der Waals surface area contributed by atoms with Crippen LogP contribution in [0, 0.1) is 5.92 Å². The second-order valence-electron chi connectivity index (χ2n) is 6.30. The van der Waals surface area contributed by atoms with Gasteiger partial charge in [0.05, 0.1) is 25.2 Å². The number of aromatic nitrogens is 4. The second kappa shape index (κ2) is 6.01. The molecule has 1 amide bonds. The molecule has 8 heteroatoms. The minimum absolute atomic E-state index is 0.0813. The maximum Gasteiger partial charge on any atom is 0.275 e. The van der Waals surface area contributed by atoms with Crippen LogP contribution in [-0.2, 0) is 17.8 Å². The Hall–Kier alpha value is -1.80.